The molecule has 0 fully saturated rings. The Bertz CT molecular complexity index is 562. The maximum Gasteiger partial charge on any atom is 0.145 e. The van der Waals surface area contributed by atoms with Crippen LogP contribution in [0.15, 0.2) is 18.2 Å². The summed E-state index contributed by atoms with van der Waals surface area (Å²) < 4.78 is 5.33. The van der Waals surface area contributed by atoms with Gasteiger partial charge in [0.2, 0.25) is 0 Å². The maximum atomic E-state index is 9.81. The van der Waals surface area contributed by atoms with Crippen molar-refractivity contribution < 1.29 is 9.84 Å². The Balaban J connectivity index is 2.90. The third-order valence-electron chi connectivity index (χ3n) is 2.95. The van der Waals surface area contributed by atoms with Gasteiger partial charge in [0.05, 0.1) is 13.2 Å². The predicted octanol–water partition coefficient (Wildman–Crippen LogP) is 2.91. The standard InChI is InChI=1S/C14H17NO2/c1-8-7-9(2)15-14-12(17-4)6-5-11(10(3)16)13(8)14/h5-7,10,16H,1-4H3. The number of ether oxygens (including phenoxy) is 1. The zero-order valence-corrected chi connectivity index (χ0v) is 10.6. The number of aryl methyl sites for hydroxylation is 2. The predicted molar refractivity (Wildman–Crippen MR) is 68.4 cm³/mol. The molecule has 0 bridgehead atoms. The summed E-state index contributed by atoms with van der Waals surface area (Å²) in [6, 6.07) is 5.78. The molecule has 1 aromatic heterocycles. The highest BCUT2D eigenvalue weighted by Gasteiger charge is 2.13. The molecular weight excluding hydrogens is 214 g/mol. The first kappa shape index (κ1) is 11.9. The van der Waals surface area contributed by atoms with Crippen molar-refractivity contribution in [2.45, 2.75) is 26.9 Å². The zero-order valence-electron chi connectivity index (χ0n) is 10.6. The zero-order chi connectivity index (χ0) is 12.6. The van der Waals surface area contributed by atoms with E-state index in [2.05, 4.69) is 4.98 Å². The first-order chi connectivity index (χ1) is 8.04. The summed E-state index contributed by atoms with van der Waals surface area (Å²) in [5.41, 5.74) is 3.78. The second-order valence-electron chi connectivity index (χ2n) is 4.34. The third kappa shape index (κ3) is 1.98. The van der Waals surface area contributed by atoms with Gasteiger partial charge >= 0.3 is 0 Å². The number of aromatic nitrogens is 1. The van der Waals surface area contributed by atoms with Gasteiger partial charge < -0.3 is 9.84 Å². The monoisotopic (exact) mass is 231 g/mol. The fraction of sp³-hybridized carbons (Fsp3) is 0.357. The lowest BCUT2D eigenvalue weighted by molar-refractivity contribution is 0.201. The van der Waals surface area contributed by atoms with Crippen LogP contribution in [0.25, 0.3) is 10.9 Å². The molecule has 0 spiro atoms. The Hall–Kier alpha value is -1.61. The van der Waals surface area contributed by atoms with E-state index in [1.165, 1.54) is 0 Å². The number of benzene rings is 1. The van der Waals surface area contributed by atoms with Crippen molar-refractivity contribution in [2.75, 3.05) is 7.11 Å². The summed E-state index contributed by atoms with van der Waals surface area (Å²) in [7, 11) is 1.64. The fourth-order valence-corrected chi connectivity index (χ4v) is 2.22. The highest BCUT2D eigenvalue weighted by atomic mass is 16.5. The molecule has 0 radical (unpaired) electrons. The summed E-state index contributed by atoms with van der Waals surface area (Å²) in [5.74, 6) is 0.746. The number of hydrogen-bond donors (Lipinski definition) is 1. The van der Waals surface area contributed by atoms with Crippen LogP contribution >= 0.6 is 0 Å². The number of methoxy groups -OCH3 is 1. The van der Waals surface area contributed by atoms with Gasteiger partial charge in [-0.15, -0.1) is 0 Å². The molecule has 0 aliphatic heterocycles. The smallest absolute Gasteiger partial charge is 0.145 e. The van der Waals surface area contributed by atoms with Gasteiger partial charge in [-0.2, -0.15) is 0 Å². The molecule has 0 aliphatic carbocycles. The Morgan fingerprint density at radius 2 is 2.00 bits per heavy atom. The van der Waals surface area contributed by atoms with E-state index in [0.717, 1.165) is 33.5 Å². The van der Waals surface area contributed by atoms with Crippen LogP contribution in [-0.2, 0) is 0 Å². The second-order valence-corrected chi connectivity index (χ2v) is 4.34. The van der Waals surface area contributed by atoms with Gasteiger partial charge in [-0.05, 0) is 44.0 Å². The Morgan fingerprint density at radius 3 is 2.59 bits per heavy atom. The third-order valence-corrected chi connectivity index (χ3v) is 2.95. The highest BCUT2D eigenvalue weighted by molar-refractivity contribution is 5.90. The first-order valence-corrected chi connectivity index (χ1v) is 5.67. The van der Waals surface area contributed by atoms with Crippen molar-refractivity contribution in [1.29, 1.82) is 0 Å². The van der Waals surface area contributed by atoms with E-state index >= 15 is 0 Å². The van der Waals surface area contributed by atoms with Gasteiger partial charge in [0.15, 0.2) is 0 Å². The summed E-state index contributed by atoms with van der Waals surface area (Å²) in [5, 5.41) is 10.8. The van der Waals surface area contributed by atoms with Crippen LogP contribution in [0.2, 0.25) is 0 Å². The van der Waals surface area contributed by atoms with E-state index < -0.39 is 6.10 Å². The minimum atomic E-state index is -0.508. The van der Waals surface area contributed by atoms with E-state index in [0.29, 0.717) is 0 Å². The van der Waals surface area contributed by atoms with Gasteiger partial charge in [0.25, 0.3) is 0 Å². The summed E-state index contributed by atoms with van der Waals surface area (Å²) in [6.45, 7) is 5.75. The van der Waals surface area contributed by atoms with Crippen LogP contribution in [0, 0.1) is 13.8 Å². The number of aliphatic hydroxyl groups is 1. The molecule has 0 saturated heterocycles. The van der Waals surface area contributed by atoms with E-state index in [9.17, 15) is 5.11 Å². The number of rotatable bonds is 2. The van der Waals surface area contributed by atoms with Gasteiger partial charge in [-0.25, -0.2) is 4.98 Å². The fourth-order valence-electron chi connectivity index (χ4n) is 2.22. The van der Waals surface area contributed by atoms with Crippen LogP contribution in [0.5, 0.6) is 5.75 Å². The van der Waals surface area contributed by atoms with E-state index in [4.69, 9.17) is 4.74 Å². The van der Waals surface area contributed by atoms with Gasteiger partial charge in [-0.3, -0.25) is 0 Å². The van der Waals surface area contributed by atoms with Crippen molar-refractivity contribution in [3.05, 3.63) is 35.0 Å². The lowest BCUT2D eigenvalue weighted by atomic mass is 9.99. The molecule has 17 heavy (non-hydrogen) atoms. The molecule has 3 heteroatoms. The minimum absolute atomic E-state index is 0.508. The van der Waals surface area contributed by atoms with Crippen molar-refractivity contribution in [1.82, 2.24) is 4.98 Å². The molecule has 1 atom stereocenters. The highest BCUT2D eigenvalue weighted by Crippen LogP contribution is 2.32. The molecular formula is C14H17NO2. The second kappa shape index (κ2) is 4.34. The lowest BCUT2D eigenvalue weighted by Crippen LogP contribution is -1.99. The van der Waals surface area contributed by atoms with Crippen molar-refractivity contribution in [3.63, 3.8) is 0 Å². The maximum absolute atomic E-state index is 9.81. The number of pyridine rings is 1. The summed E-state index contributed by atoms with van der Waals surface area (Å²) in [4.78, 5) is 4.51. The molecule has 0 aliphatic rings. The number of hydrogen-bond acceptors (Lipinski definition) is 3. The number of nitrogens with zero attached hydrogens (tertiary/aromatic N) is 1. The molecule has 90 valence electrons. The molecule has 1 aromatic carbocycles. The number of fused-ring (bicyclic) bond motifs is 1. The molecule has 1 unspecified atom stereocenters. The van der Waals surface area contributed by atoms with Gasteiger partial charge in [0, 0.05) is 11.1 Å². The van der Waals surface area contributed by atoms with Crippen molar-refractivity contribution in [3.8, 4) is 5.75 Å². The van der Waals surface area contributed by atoms with E-state index in [1.54, 1.807) is 14.0 Å². The van der Waals surface area contributed by atoms with Crippen molar-refractivity contribution in [2.24, 2.45) is 0 Å². The SMILES string of the molecule is COc1ccc(C(C)O)c2c(C)cc(C)nc12. The quantitative estimate of drug-likeness (QED) is 0.864. The molecule has 2 rings (SSSR count). The van der Waals surface area contributed by atoms with Crippen LogP contribution < -0.4 is 4.74 Å². The average molecular weight is 231 g/mol. The Morgan fingerprint density at radius 1 is 1.29 bits per heavy atom. The normalized spacial score (nSPS) is 12.8. The topological polar surface area (TPSA) is 42.4 Å². The number of aliphatic hydroxyl groups excluding tert-OH is 1. The van der Waals surface area contributed by atoms with Crippen molar-refractivity contribution >= 4 is 10.9 Å². The average Bonchev–Trinajstić information content (AvgIpc) is 2.27. The molecule has 0 saturated carbocycles. The minimum Gasteiger partial charge on any atom is -0.494 e. The first-order valence-electron chi connectivity index (χ1n) is 5.67. The van der Waals surface area contributed by atoms with E-state index in [1.807, 2.05) is 32.0 Å². The van der Waals surface area contributed by atoms with Gasteiger partial charge in [0.1, 0.15) is 11.3 Å². The van der Waals surface area contributed by atoms with Crippen LogP contribution in [-0.4, -0.2) is 17.2 Å². The summed E-state index contributed by atoms with van der Waals surface area (Å²) >= 11 is 0. The molecule has 2 aromatic rings. The molecule has 1 heterocycles. The van der Waals surface area contributed by atoms with Crippen LogP contribution in [0.1, 0.15) is 29.8 Å². The molecule has 3 nitrogen and oxygen atoms in total. The Labute approximate surface area is 101 Å². The lowest BCUT2D eigenvalue weighted by Gasteiger charge is -2.14. The van der Waals surface area contributed by atoms with Gasteiger partial charge in [-0.1, -0.05) is 6.07 Å². The largest absolute Gasteiger partial charge is 0.494 e. The molecule has 1 N–H and O–H groups in total. The van der Waals surface area contributed by atoms with E-state index in [-0.39, 0.29) is 0 Å². The van der Waals surface area contributed by atoms with Crippen LogP contribution in [0.4, 0.5) is 0 Å². The molecule has 0 amide bonds. The Kier molecular flexibility index (Phi) is 3.03. The van der Waals surface area contributed by atoms with Crippen LogP contribution in [0.3, 0.4) is 0 Å². The summed E-state index contributed by atoms with van der Waals surface area (Å²) in [6.07, 6.45) is -0.508.